The van der Waals surface area contributed by atoms with Gasteiger partial charge in [0, 0.05) is 0 Å². The van der Waals surface area contributed by atoms with E-state index >= 15 is 0 Å². The molecule has 156 valence electrons. The fraction of sp³-hybridized carbons (Fsp3) is 0.778. The van der Waals surface area contributed by atoms with Crippen molar-refractivity contribution in [2.75, 3.05) is 0 Å². The quantitative estimate of drug-likeness (QED) is 0.350. The van der Waals surface area contributed by atoms with Crippen molar-refractivity contribution in [1.82, 2.24) is 0 Å². The second kappa shape index (κ2) is 10.2. The third-order valence-corrected chi connectivity index (χ3v) is 2.90. The number of aliphatic hydroxyl groups is 1. The van der Waals surface area contributed by atoms with Gasteiger partial charge in [-0.2, -0.15) is 0 Å². The molecular formula is C18H30O9. The second-order valence-corrected chi connectivity index (χ2v) is 7.08. The maximum absolute atomic E-state index is 12.5. The van der Waals surface area contributed by atoms with E-state index < -0.39 is 59.8 Å². The molecule has 0 aromatic carbocycles. The van der Waals surface area contributed by atoms with Gasteiger partial charge in [0.25, 0.3) is 5.60 Å². The van der Waals surface area contributed by atoms with Crippen molar-refractivity contribution in [3.63, 3.8) is 0 Å². The molecule has 9 heteroatoms. The Morgan fingerprint density at radius 1 is 0.593 bits per heavy atom. The van der Waals surface area contributed by atoms with Crippen LogP contribution >= 0.6 is 0 Å². The Morgan fingerprint density at radius 3 is 1.07 bits per heavy atom. The fourth-order valence-corrected chi connectivity index (χ4v) is 1.96. The summed E-state index contributed by atoms with van der Waals surface area (Å²) in [6.07, 6.45) is -2.84. The summed E-state index contributed by atoms with van der Waals surface area (Å²) < 4.78 is 19.7. The van der Waals surface area contributed by atoms with Crippen LogP contribution in [0.25, 0.3) is 0 Å². The first-order valence-corrected chi connectivity index (χ1v) is 8.78. The zero-order valence-corrected chi connectivity index (χ0v) is 17.1. The summed E-state index contributed by atoms with van der Waals surface area (Å²) in [7, 11) is 0. The van der Waals surface area contributed by atoms with E-state index in [0.29, 0.717) is 0 Å². The molecule has 0 amide bonds. The van der Waals surface area contributed by atoms with Crippen molar-refractivity contribution in [3.05, 3.63) is 0 Å². The minimum Gasteiger partial charge on any atom is -0.462 e. The molecule has 1 N–H and O–H groups in total. The molecule has 0 heterocycles. The predicted molar refractivity (Wildman–Crippen MR) is 93.4 cm³/mol. The van der Waals surface area contributed by atoms with Crippen molar-refractivity contribution in [1.29, 1.82) is 0 Å². The number of carbonyl (C=O) groups excluding carboxylic acids is 4. The van der Waals surface area contributed by atoms with Gasteiger partial charge in [-0.1, -0.05) is 0 Å². The number of rotatable bonds is 9. The summed E-state index contributed by atoms with van der Waals surface area (Å²) in [6, 6.07) is 0. The van der Waals surface area contributed by atoms with E-state index in [1.807, 2.05) is 0 Å². The van der Waals surface area contributed by atoms with Gasteiger partial charge in [-0.15, -0.1) is 0 Å². The second-order valence-electron chi connectivity index (χ2n) is 7.08. The lowest BCUT2D eigenvalue weighted by Crippen LogP contribution is -2.61. The summed E-state index contributed by atoms with van der Waals surface area (Å²) in [5.74, 6) is -7.93. The molecule has 0 aromatic rings. The summed E-state index contributed by atoms with van der Waals surface area (Å²) in [4.78, 5) is 50.1. The third-order valence-electron chi connectivity index (χ3n) is 2.90. The van der Waals surface area contributed by atoms with Crippen LogP contribution in [0.4, 0.5) is 0 Å². The van der Waals surface area contributed by atoms with E-state index in [2.05, 4.69) is 0 Å². The molecule has 0 bridgehead atoms. The SMILES string of the molecule is CC(C)OC(=O)C(C(=O)OC(C)C)C(O)(C(=O)OC(C)C)C(=O)OC(C)C. The van der Waals surface area contributed by atoms with Gasteiger partial charge >= 0.3 is 23.9 Å². The van der Waals surface area contributed by atoms with Crippen LogP contribution in [0.15, 0.2) is 0 Å². The van der Waals surface area contributed by atoms with Crippen LogP contribution in [0.5, 0.6) is 0 Å². The molecule has 0 saturated carbocycles. The lowest BCUT2D eigenvalue weighted by Gasteiger charge is -2.31. The van der Waals surface area contributed by atoms with Crippen molar-refractivity contribution in [2.45, 2.75) is 85.4 Å². The predicted octanol–water partition coefficient (Wildman–Crippen LogP) is 1.14. The average Bonchev–Trinajstić information content (AvgIpc) is 2.43. The van der Waals surface area contributed by atoms with Crippen LogP contribution in [0.3, 0.4) is 0 Å². The van der Waals surface area contributed by atoms with Gasteiger partial charge in [0.15, 0.2) is 0 Å². The molecule has 0 aliphatic heterocycles. The van der Waals surface area contributed by atoms with Crippen molar-refractivity contribution >= 4 is 23.9 Å². The highest BCUT2D eigenvalue weighted by Gasteiger charge is 2.62. The summed E-state index contributed by atoms with van der Waals surface area (Å²) >= 11 is 0. The minimum atomic E-state index is -3.26. The normalized spacial score (nSPS) is 11.9. The van der Waals surface area contributed by atoms with Crippen molar-refractivity contribution in [2.24, 2.45) is 5.92 Å². The molecule has 0 atom stereocenters. The van der Waals surface area contributed by atoms with E-state index in [-0.39, 0.29) is 0 Å². The Balaban J connectivity index is 6.29. The topological polar surface area (TPSA) is 125 Å². The van der Waals surface area contributed by atoms with Crippen LogP contribution in [-0.2, 0) is 38.1 Å². The molecule has 0 unspecified atom stereocenters. The van der Waals surface area contributed by atoms with Gasteiger partial charge in [0.1, 0.15) is 0 Å². The third kappa shape index (κ3) is 7.16. The lowest BCUT2D eigenvalue weighted by atomic mass is 9.86. The highest BCUT2D eigenvalue weighted by Crippen LogP contribution is 2.27. The molecule has 0 spiro atoms. The smallest absolute Gasteiger partial charge is 0.351 e. The standard InChI is InChI=1S/C18H30O9/c1-9(2)24-14(19)13(15(20)25-10(3)4)18(23,16(21)26-11(5)6)17(22)27-12(7)8/h9-13,23H,1-8H3. The molecular weight excluding hydrogens is 360 g/mol. The first kappa shape index (κ1) is 24.8. The Bertz CT molecular complexity index is 505. The number of hydrogen-bond acceptors (Lipinski definition) is 9. The molecule has 0 fully saturated rings. The van der Waals surface area contributed by atoms with E-state index in [4.69, 9.17) is 18.9 Å². The molecule has 27 heavy (non-hydrogen) atoms. The zero-order valence-electron chi connectivity index (χ0n) is 17.1. The van der Waals surface area contributed by atoms with Gasteiger partial charge in [0.2, 0.25) is 5.92 Å². The van der Waals surface area contributed by atoms with Crippen LogP contribution in [0.1, 0.15) is 55.4 Å². The molecule has 0 aromatic heterocycles. The molecule has 9 nitrogen and oxygen atoms in total. The van der Waals surface area contributed by atoms with Gasteiger partial charge < -0.3 is 24.1 Å². The van der Waals surface area contributed by atoms with Crippen molar-refractivity contribution in [3.8, 4) is 0 Å². The van der Waals surface area contributed by atoms with Crippen LogP contribution in [-0.4, -0.2) is 59.0 Å². The maximum atomic E-state index is 12.5. The zero-order chi connectivity index (χ0) is 21.5. The highest BCUT2D eigenvalue weighted by atomic mass is 16.6. The molecule has 0 aliphatic rings. The van der Waals surface area contributed by atoms with Crippen LogP contribution in [0.2, 0.25) is 0 Å². The first-order chi connectivity index (χ1) is 12.2. The Morgan fingerprint density at radius 2 is 0.852 bits per heavy atom. The number of carbonyl (C=O) groups is 4. The minimum absolute atomic E-state index is 0.682. The number of ether oxygens (including phenoxy) is 4. The summed E-state index contributed by atoms with van der Waals surface area (Å²) in [6.45, 7) is 11.9. The number of hydrogen-bond donors (Lipinski definition) is 1. The Hall–Kier alpha value is -2.16. The largest absolute Gasteiger partial charge is 0.462 e. The van der Waals surface area contributed by atoms with Gasteiger partial charge in [0.05, 0.1) is 24.4 Å². The summed E-state index contributed by atoms with van der Waals surface area (Å²) in [5, 5.41) is 10.9. The molecule has 0 saturated heterocycles. The van der Waals surface area contributed by atoms with Crippen LogP contribution in [0, 0.1) is 5.92 Å². The Labute approximate surface area is 159 Å². The molecule has 0 rings (SSSR count). The monoisotopic (exact) mass is 390 g/mol. The van der Waals surface area contributed by atoms with E-state index in [0.717, 1.165) is 0 Å². The van der Waals surface area contributed by atoms with Gasteiger partial charge in [-0.05, 0) is 55.4 Å². The molecule has 0 aliphatic carbocycles. The highest BCUT2D eigenvalue weighted by molar-refractivity contribution is 6.13. The number of esters is 4. The molecule has 0 radical (unpaired) electrons. The maximum Gasteiger partial charge on any atom is 0.351 e. The van der Waals surface area contributed by atoms with Crippen LogP contribution < -0.4 is 0 Å². The van der Waals surface area contributed by atoms with E-state index in [1.165, 1.54) is 55.4 Å². The fourth-order valence-electron chi connectivity index (χ4n) is 1.96. The Kier molecular flexibility index (Phi) is 9.43. The summed E-state index contributed by atoms with van der Waals surface area (Å²) in [5.41, 5.74) is -3.26. The lowest BCUT2D eigenvalue weighted by molar-refractivity contribution is -0.207. The van der Waals surface area contributed by atoms with E-state index in [1.54, 1.807) is 0 Å². The van der Waals surface area contributed by atoms with E-state index in [9.17, 15) is 24.3 Å². The van der Waals surface area contributed by atoms with Crippen molar-refractivity contribution < 1.29 is 43.2 Å². The van der Waals surface area contributed by atoms with Gasteiger partial charge in [-0.25, -0.2) is 9.59 Å². The average molecular weight is 390 g/mol. The van der Waals surface area contributed by atoms with Gasteiger partial charge in [-0.3, -0.25) is 9.59 Å². The first-order valence-electron chi connectivity index (χ1n) is 8.78.